The molecule has 8 nitrogen and oxygen atoms in total. The Bertz CT molecular complexity index is 795. The first-order valence-corrected chi connectivity index (χ1v) is 9.08. The molecule has 2 amide bonds. The van der Waals surface area contributed by atoms with Crippen LogP contribution in [0.2, 0.25) is 0 Å². The van der Waals surface area contributed by atoms with Gasteiger partial charge in [0, 0.05) is 0 Å². The van der Waals surface area contributed by atoms with Gasteiger partial charge in [0.25, 0.3) is 0 Å². The van der Waals surface area contributed by atoms with E-state index in [1.54, 1.807) is 36.4 Å². The van der Waals surface area contributed by atoms with Crippen LogP contribution in [0.4, 0.5) is 4.79 Å². The quantitative estimate of drug-likeness (QED) is 0.550. The molecule has 0 aliphatic carbocycles. The number of hydrogen-bond acceptors (Lipinski definition) is 6. The van der Waals surface area contributed by atoms with E-state index in [2.05, 4.69) is 10.6 Å². The molecular weight excluding hydrogens is 376 g/mol. The zero-order valence-corrected chi connectivity index (χ0v) is 16.0. The van der Waals surface area contributed by atoms with Gasteiger partial charge in [0.15, 0.2) is 0 Å². The Morgan fingerprint density at radius 3 is 1.93 bits per heavy atom. The minimum atomic E-state index is -1.28. The largest absolute Gasteiger partial charge is 0.460 e. The van der Waals surface area contributed by atoms with Crippen LogP contribution in [-0.2, 0) is 32.3 Å². The molecule has 0 spiro atoms. The number of carbonyl (C=O) groups excluding carboxylic acids is 3. The molecule has 2 atom stereocenters. The molecule has 0 heterocycles. The maximum Gasteiger partial charge on any atom is 0.408 e. The van der Waals surface area contributed by atoms with E-state index in [-0.39, 0.29) is 13.2 Å². The number of ether oxygens (including phenoxy) is 2. The summed E-state index contributed by atoms with van der Waals surface area (Å²) in [7, 11) is 0. The topological polar surface area (TPSA) is 114 Å². The van der Waals surface area contributed by atoms with E-state index in [9.17, 15) is 19.5 Å². The molecule has 0 aliphatic heterocycles. The monoisotopic (exact) mass is 400 g/mol. The van der Waals surface area contributed by atoms with Crippen molar-refractivity contribution in [2.45, 2.75) is 32.3 Å². The van der Waals surface area contributed by atoms with Crippen LogP contribution >= 0.6 is 0 Å². The van der Waals surface area contributed by atoms with Crippen LogP contribution in [0.25, 0.3) is 0 Å². The van der Waals surface area contributed by atoms with Crippen molar-refractivity contribution in [1.82, 2.24) is 10.6 Å². The highest BCUT2D eigenvalue weighted by Gasteiger charge is 2.26. The van der Waals surface area contributed by atoms with Crippen LogP contribution in [0.1, 0.15) is 18.1 Å². The SMILES string of the molecule is CC(O)C(NC(=O)OCc1ccccc1)C(=O)NCC(=O)OCc1ccccc1. The first-order chi connectivity index (χ1) is 14.0. The number of benzene rings is 2. The Morgan fingerprint density at radius 2 is 1.41 bits per heavy atom. The Labute approximate surface area is 168 Å². The summed E-state index contributed by atoms with van der Waals surface area (Å²) in [6, 6.07) is 16.8. The third kappa shape index (κ3) is 8.02. The van der Waals surface area contributed by atoms with Crippen molar-refractivity contribution in [3.63, 3.8) is 0 Å². The van der Waals surface area contributed by atoms with Crippen LogP contribution in [0.15, 0.2) is 60.7 Å². The summed E-state index contributed by atoms with van der Waals surface area (Å²) in [6.45, 7) is 1.05. The molecule has 0 bridgehead atoms. The Hall–Kier alpha value is -3.39. The molecule has 0 aliphatic rings. The summed E-state index contributed by atoms with van der Waals surface area (Å²) in [5, 5.41) is 14.4. The molecule has 29 heavy (non-hydrogen) atoms. The number of amides is 2. The average Bonchev–Trinajstić information content (AvgIpc) is 2.74. The molecule has 0 aromatic heterocycles. The van der Waals surface area contributed by atoms with E-state index in [0.717, 1.165) is 11.1 Å². The smallest absolute Gasteiger partial charge is 0.408 e. The van der Waals surface area contributed by atoms with Gasteiger partial charge in [-0.2, -0.15) is 0 Å². The minimum Gasteiger partial charge on any atom is -0.460 e. The van der Waals surface area contributed by atoms with Crippen LogP contribution in [0, 0.1) is 0 Å². The summed E-state index contributed by atoms with van der Waals surface area (Å²) in [5.74, 6) is -1.37. The lowest BCUT2D eigenvalue weighted by Crippen LogP contribution is -2.53. The molecule has 154 valence electrons. The first kappa shape index (κ1) is 21.9. The van der Waals surface area contributed by atoms with Gasteiger partial charge in [-0.1, -0.05) is 60.7 Å². The van der Waals surface area contributed by atoms with Crippen molar-refractivity contribution in [3.05, 3.63) is 71.8 Å². The molecule has 3 N–H and O–H groups in total. The Balaban J connectivity index is 1.76. The second-order valence-electron chi connectivity index (χ2n) is 6.29. The number of esters is 1. The number of aliphatic hydroxyl groups is 1. The van der Waals surface area contributed by atoms with E-state index in [0.29, 0.717) is 0 Å². The molecule has 2 unspecified atom stereocenters. The molecule has 0 saturated carbocycles. The lowest BCUT2D eigenvalue weighted by atomic mass is 10.1. The molecule has 2 aromatic carbocycles. The van der Waals surface area contributed by atoms with Gasteiger partial charge in [0.1, 0.15) is 25.8 Å². The van der Waals surface area contributed by atoms with Crippen molar-refractivity contribution in [2.75, 3.05) is 6.54 Å². The van der Waals surface area contributed by atoms with Crippen molar-refractivity contribution >= 4 is 18.0 Å². The van der Waals surface area contributed by atoms with Gasteiger partial charge < -0.3 is 25.2 Å². The second-order valence-corrected chi connectivity index (χ2v) is 6.29. The predicted octanol–water partition coefficient (Wildman–Crippen LogP) is 1.52. The van der Waals surface area contributed by atoms with Gasteiger partial charge in [-0.3, -0.25) is 9.59 Å². The summed E-state index contributed by atoms with van der Waals surface area (Å²) in [6.07, 6.45) is -2.05. The fraction of sp³-hybridized carbons (Fsp3) is 0.286. The summed E-state index contributed by atoms with van der Waals surface area (Å²) in [5.41, 5.74) is 1.60. The van der Waals surface area contributed by atoms with Crippen LogP contribution in [0.5, 0.6) is 0 Å². The molecule has 0 radical (unpaired) electrons. The standard InChI is InChI=1S/C21H24N2O6/c1-15(24)19(23-21(27)29-14-17-10-6-3-7-11-17)20(26)22-12-18(25)28-13-16-8-4-2-5-9-16/h2-11,15,19,24H,12-14H2,1H3,(H,22,26)(H,23,27). The molecule has 0 fully saturated rings. The van der Waals surface area contributed by atoms with Gasteiger partial charge in [-0.05, 0) is 18.1 Å². The lowest BCUT2D eigenvalue weighted by Gasteiger charge is -2.20. The van der Waals surface area contributed by atoms with E-state index < -0.39 is 36.7 Å². The molecule has 8 heteroatoms. The van der Waals surface area contributed by atoms with E-state index in [1.807, 2.05) is 24.3 Å². The lowest BCUT2D eigenvalue weighted by molar-refractivity contribution is -0.145. The third-order valence-corrected chi connectivity index (χ3v) is 3.90. The number of carbonyl (C=O) groups is 3. The van der Waals surface area contributed by atoms with Crippen LogP contribution in [-0.4, -0.2) is 41.8 Å². The van der Waals surface area contributed by atoms with Crippen molar-refractivity contribution < 1.29 is 29.0 Å². The van der Waals surface area contributed by atoms with E-state index in [4.69, 9.17) is 9.47 Å². The normalized spacial score (nSPS) is 12.3. The Kier molecular flexibility index (Phi) is 8.65. The second kappa shape index (κ2) is 11.5. The van der Waals surface area contributed by atoms with Gasteiger partial charge in [0.05, 0.1) is 6.10 Å². The number of rotatable bonds is 9. The number of aliphatic hydroxyl groups excluding tert-OH is 1. The van der Waals surface area contributed by atoms with Gasteiger partial charge in [0.2, 0.25) is 5.91 Å². The van der Waals surface area contributed by atoms with E-state index >= 15 is 0 Å². The summed E-state index contributed by atoms with van der Waals surface area (Å²) < 4.78 is 10.1. The van der Waals surface area contributed by atoms with Crippen molar-refractivity contribution in [3.8, 4) is 0 Å². The fourth-order valence-corrected chi connectivity index (χ4v) is 2.36. The molecule has 0 saturated heterocycles. The minimum absolute atomic E-state index is 0.0205. The molecular formula is C21H24N2O6. The highest BCUT2D eigenvalue weighted by Crippen LogP contribution is 2.02. The summed E-state index contributed by atoms with van der Waals surface area (Å²) >= 11 is 0. The summed E-state index contributed by atoms with van der Waals surface area (Å²) in [4.78, 5) is 35.9. The van der Waals surface area contributed by atoms with Gasteiger partial charge in [-0.25, -0.2) is 4.79 Å². The maximum atomic E-state index is 12.2. The fourth-order valence-electron chi connectivity index (χ4n) is 2.36. The van der Waals surface area contributed by atoms with Gasteiger partial charge in [-0.15, -0.1) is 0 Å². The Morgan fingerprint density at radius 1 is 0.897 bits per heavy atom. The zero-order valence-electron chi connectivity index (χ0n) is 16.0. The molecule has 2 aromatic rings. The zero-order chi connectivity index (χ0) is 21.1. The number of nitrogens with one attached hydrogen (secondary N) is 2. The van der Waals surface area contributed by atoms with Crippen LogP contribution < -0.4 is 10.6 Å². The highest BCUT2D eigenvalue weighted by atomic mass is 16.5. The number of alkyl carbamates (subject to hydrolysis) is 1. The molecule has 2 rings (SSSR count). The first-order valence-electron chi connectivity index (χ1n) is 9.08. The van der Waals surface area contributed by atoms with Crippen LogP contribution in [0.3, 0.4) is 0 Å². The third-order valence-electron chi connectivity index (χ3n) is 3.90. The van der Waals surface area contributed by atoms with Crippen molar-refractivity contribution in [2.24, 2.45) is 0 Å². The predicted molar refractivity (Wildman–Crippen MR) is 104 cm³/mol. The van der Waals surface area contributed by atoms with E-state index in [1.165, 1.54) is 6.92 Å². The van der Waals surface area contributed by atoms with Crippen molar-refractivity contribution in [1.29, 1.82) is 0 Å². The number of hydrogen-bond donors (Lipinski definition) is 3. The maximum absolute atomic E-state index is 12.2. The average molecular weight is 400 g/mol. The highest BCUT2D eigenvalue weighted by molar-refractivity contribution is 5.88. The van der Waals surface area contributed by atoms with Gasteiger partial charge >= 0.3 is 12.1 Å².